The van der Waals surface area contributed by atoms with Crippen molar-refractivity contribution in [1.82, 2.24) is 0 Å². The van der Waals surface area contributed by atoms with Gasteiger partial charge < -0.3 is 9.52 Å². The number of halogens is 1. The maximum Gasteiger partial charge on any atom is 0.371 e. The highest BCUT2D eigenvalue weighted by Gasteiger charge is 2.22. The van der Waals surface area contributed by atoms with Gasteiger partial charge >= 0.3 is 5.97 Å². The second-order valence-electron chi connectivity index (χ2n) is 4.44. The molecule has 0 spiro atoms. The van der Waals surface area contributed by atoms with Crippen LogP contribution in [0.25, 0.3) is 0 Å². The molecule has 2 N–H and O–H groups in total. The van der Waals surface area contributed by atoms with E-state index in [1.807, 2.05) is 0 Å². The lowest BCUT2D eigenvalue weighted by molar-refractivity contribution is 0.0656. The minimum Gasteiger partial charge on any atom is -0.475 e. The van der Waals surface area contributed by atoms with Gasteiger partial charge in [-0.15, -0.1) is 0 Å². The van der Waals surface area contributed by atoms with Crippen LogP contribution >= 0.6 is 15.9 Å². The number of anilines is 1. The van der Waals surface area contributed by atoms with Crippen molar-refractivity contribution in [1.29, 1.82) is 0 Å². The lowest BCUT2D eigenvalue weighted by Gasteiger charge is -2.12. The van der Waals surface area contributed by atoms with E-state index in [0.29, 0.717) is 5.69 Å². The van der Waals surface area contributed by atoms with E-state index in [9.17, 15) is 13.2 Å². The van der Waals surface area contributed by atoms with Crippen LogP contribution in [0.15, 0.2) is 38.2 Å². The van der Waals surface area contributed by atoms with E-state index in [4.69, 9.17) is 9.52 Å². The quantitative estimate of drug-likeness (QED) is 0.857. The minimum absolute atomic E-state index is 0.431. The molecular formula is C13H12BrNO5S. The van der Waals surface area contributed by atoms with Gasteiger partial charge in [0.15, 0.2) is 0 Å². The largest absolute Gasteiger partial charge is 0.475 e. The summed E-state index contributed by atoms with van der Waals surface area (Å²) in [6, 6.07) is 5.75. The van der Waals surface area contributed by atoms with Gasteiger partial charge in [-0.25, -0.2) is 4.79 Å². The zero-order valence-electron chi connectivity index (χ0n) is 11.2. The van der Waals surface area contributed by atoms with Crippen LogP contribution < -0.4 is 4.72 Å². The fraction of sp³-hybridized carbons (Fsp3) is 0.154. The van der Waals surface area contributed by atoms with Crippen LogP contribution in [0.5, 0.6) is 0 Å². The van der Waals surface area contributed by atoms with Crippen LogP contribution in [-0.2, 0) is 10.0 Å². The molecule has 1 heterocycles. The molecule has 0 saturated carbocycles. The summed E-state index contributed by atoms with van der Waals surface area (Å²) in [5, 5.41) is 8.32. The summed E-state index contributed by atoms with van der Waals surface area (Å²) in [5.41, 5.74) is 1.90. The Bertz CT molecular complexity index is 787. The number of aromatic carboxylic acids is 1. The molecule has 0 aliphatic rings. The van der Waals surface area contributed by atoms with Crippen LogP contribution in [-0.4, -0.2) is 19.5 Å². The van der Waals surface area contributed by atoms with Crippen molar-refractivity contribution in [3.8, 4) is 0 Å². The monoisotopic (exact) mass is 373 g/mol. The standard InChI is InChI=1S/C13H12BrNO5S/c1-7-5-9(14)6-8(2)12(7)15-21(18,19)11-4-3-10(20-11)13(16)17/h3-6,15H,1-2H3,(H,16,17). The second-order valence-corrected chi connectivity index (χ2v) is 6.97. The van der Waals surface area contributed by atoms with Crippen molar-refractivity contribution in [2.24, 2.45) is 0 Å². The van der Waals surface area contributed by atoms with Crippen LogP contribution in [0.2, 0.25) is 0 Å². The summed E-state index contributed by atoms with van der Waals surface area (Å²) in [5.74, 6) is -1.76. The van der Waals surface area contributed by atoms with E-state index < -0.39 is 26.8 Å². The minimum atomic E-state index is -3.98. The molecule has 2 aromatic rings. The number of carboxylic acid groups (broad SMARTS) is 1. The zero-order valence-corrected chi connectivity index (χ0v) is 13.6. The molecular weight excluding hydrogens is 362 g/mol. The van der Waals surface area contributed by atoms with E-state index in [-0.39, 0.29) is 0 Å². The lowest BCUT2D eigenvalue weighted by atomic mass is 10.1. The van der Waals surface area contributed by atoms with Gasteiger partial charge in [0.2, 0.25) is 10.9 Å². The molecule has 1 aromatic heterocycles. The lowest BCUT2D eigenvalue weighted by Crippen LogP contribution is -2.14. The van der Waals surface area contributed by atoms with Crippen LogP contribution in [0, 0.1) is 13.8 Å². The summed E-state index contributed by atoms with van der Waals surface area (Å²) in [7, 11) is -3.98. The van der Waals surface area contributed by atoms with Crippen molar-refractivity contribution >= 4 is 37.6 Å². The molecule has 0 radical (unpaired) electrons. The van der Waals surface area contributed by atoms with Gasteiger partial charge in [-0.3, -0.25) is 4.72 Å². The normalized spacial score (nSPS) is 11.4. The number of sulfonamides is 1. The second kappa shape index (κ2) is 5.53. The number of benzene rings is 1. The molecule has 8 heteroatoms. The first-order chi connectivity index (χ1) is 9.70. The predicted octanol–water partition coefficient (Wildman–Crippen LogP) is 3.16. The Balaban J connectivity index is 2.40. The molecule has 0 aliphatic carbocycles. The maximum absolute atomic E-state index is 12.2. The predicted molar refractivity (Wildman–Crippen MR) is 80.1 cm³/mol. The summed E-state index contributed by atoms with van der Waals surface area (Å²) in [4.78, 5) is 10.7. The van der Waals surface area contributed by atoms with E-state index in [1.165, 1.54) is 0 Å². The Labute approximate surface area is 130 Å². The average molecular weight is 374 g/mol. The first-order valence-electron chi connectivity index (χ1n) is 5.83. The number of carbonyl (C=O) groups is 1. The topological polar surface area (TPSA) is 96.6 Å². The van der Waals surface area contributed by atoms with Crippen molar-refractivity contribution in [2.75, 3.05) is 4.72 Å². The molecule has 0 amide bonds. The fourth-order valence-electron chi connectivity index (χ4n) is 1.84. The Morgan fingerprint density at radius 3 is 2.29 bits per heavy atom. The highest BCUT2D eigenvalue weighted by molar-refractivity contribution is 9.10. The fourth-order valence-corrected chi connectivity index (χ4v) is 3.66. The van der Waals surface area contributed by atoms with Crippen LogP contribution in [0.4, 0.5) is 5.69 Å². The molecule has 0 bridgehead atoms. The number of furan rings is 1. The van der Waals surface area contributed by atoms with Gasteiger partial charge in [-0.1, -0.05) is 15.9 Å². The number of nitrogens with one attached hydrogen (secondary N) is 1. The van der Waals surface area contributed by atoms with E-state index in [2.05, 4.69) is 20.7 Å². The Hall–Kier alpha value is -1.80. The molecule has 0 atom stereocenters. The maximum atomic E-state index is 12.2. The third-order valence-corrected chi connectivity index (χ3v) is 4.47. The van der Waals surface area contributed by atoms with Gasteiger partial charge in [0, 0.05) is 4.47 Å². The molecule has 0 aliphatic heterocycles. The molecule has 0 saturated heterocycles. The molecule has 6 nitrogen and oxygen atoms in total. The van der Waals surface area contributed by atoms with Gasteiger partial charge in [0.25, 0.3) is 10.0 Å². The first kappa shape index (κ1) is 15.6. The Morgan fingerprint density at radius 2 is 1.81 bits per heavy atom. The van der Waals surface area contributed by atoms with Crippen LogP contribution in [0.3, 0.4) is 0 Å². The van der Waals surface area contributed by atoms with E-state index in [1.54, 1.807) is 26.0 Å². The number of aryl methyl sites for hydroxylation is 2. The zero-order chi connectivity index (χ0) is 15.8. The SMILES string of the molecule is Cc1cc(Br)cc(C)c1NS(=O)(=O)c1ccc(C(=O)O)o1. The molecule has 0 fully saturated rings. The molecule has 0 unspecified atom stereocenters. The highest BCUT2D eigenvalue weighted by Crippen LogP contribution is 2.27. The Morgan fingerprint density at radius 1 is 1.24 bits per heavy atom. The smallest absolute Gasteiger partial charge is 0.371 e. The van der Waals surface area contributed by atoms with Gasteiger partial charge in [-0.2, -0.15) is 8.42 Å². The van der Waals surface area contributed by atoms with Crippen molar-refractivity contribution in [3.05, 3.63) is 45.6 Å². The number of rotatable bonds is 4. The summed E-state index contributed by atoms with van der Waals surface area (Å²) in [6.45, 7) is 3.53. The number of hydrogen-bond donors (Lipinski definition) is 2. The highest BCUT2D eigenvalue weighted by atomic mass is 79.9. The average Bonchev–Trinajstić information content (AvgIpc) is 2.84. The molecule has 2 rings (SSSR count). The molecule has 21 heavy (non-hydrogen) atoms. The van der Waals surface area contributed by atoms with Gasteiger partial charge in [-0.05, 0) is 49.2 Å². The van der Waals surface area contributed by atoms with Gasteiger partial charge in [0.1, 0.15) is 0 Å². The van der Waals surface area contributed by atoms with Crippen molar-refractivity contribution in [2.45, 2.75) is 18.9 Å². The summed E-state index contributed by atoms with van der Waals surface area (Å²) < 4.78 is 32.5. The van der Waals surface area contributed by atoms with Crippen molar-refractivity contribution in [3.63, 3.8) is 0 Å². The number of carboxylic acids is 1. The summed E-state index contributed by atoms with van der Waals surface area (Å²) in [6.07, 6.45) is 0. The van der Waals surface area contributed by atoms with Gasteiger partial charge in [0.05, 0.1) is 5.69 Å². The third kappa shape index (κ3) is 3.27. The Kier molecular flexibility index (Phi) is 4.11. The summed E-state index contributed by atoms with van der Waals surface area (Å²) >= 11 is 3.33. The molecule has 112 valence electrons. The van der Waals surface area contributed by atoms with Crippen LogP contribution in [0.1, 0.15) is 21.7 Å². The first-order valence-corrected chi connectivity index (χ1v) is 8.11. The van der Waals surface area contributed by atoms with E-state index in [0.717, 1.165) is 27.7 Å². The number of hydrogen-bond acceptors (Lipinski definition) is 4. The van der Waals surface area contributed by atoms with Crippen molar-refractivity contribution < 1.29 is 22.7 Å². The van der Waals surface area contributed by atoms with E-state index >= 15 is 0 Å². The third-order valence-electron chi connectivity index (χ3n) is 2.79. The molecule has 1 aromatic carbocycles.